The summed E-state index contributed by atoms with van der Waals surface area (Å²) < 4.78 is 11.9. The molecular weight excluding hydrogens is 355 g/mol. The molecule has 0 bridgehead atoms. The van der Waals surface area contributed by atoms with Crippen LogP contribution in [0.3, 0.4) is 0 Å². The van der Waals surface area contributed by atoms with Crippen LogP contribution in [0.4, 0.5) is 0 Å². The normalized spacial score (nSPS) is 24.2. The first-order valence-electron chi connectivity index (χ1n) is 6.31. The van der Waals surface area contributed by atoms with Gasteiger partial charge >= 0.3 is 127 Å². The number of aromatic carboxylic acids is 1. The third kappa shape index (κ3) is 1.46. The van der Waals surface area contributed by atoms with Crippen LogP contribution >= 0.6 is 0 Å². The molecule has 6 nitrogen and oxygen atoms in total. The fourth-order valence-electron chi connectivity index (χ4n) is 2.63. The van der Waals surface area contributed by atoms with Crippen molar-refractivity contribution in [1.82, 2.24) is 0 Å². The second-order valence-corrected chi connectivity index (χ2v) is 9.38. The van der Waals surface area contributed by atoms with E-state index in [0.717, 1.165) is 0 Å². The van der Waals surface area contributed by atoms with E-state index in [4.69, 9.17) is 7.64 Å². The first-order valence-corrected chi connectivity index (χ1v) is 9.42. The second kappa shape index (κ2) is 4.19. The van der Waals surface area contributed by atoms with Gasteiger partial charge in [0.1, 0.15) is 0 Å². The topological polar surface area (TPSA) is 89.9 Å². The third-order valence-corrected chi connectivity index (χ3v) is 9.04. The van der Waals surface area contributed by atoms with E-state index >= 15 is 0 Å². The van der Waals surface area contributed by atoms with Crippen molar-refractivity contribution in [3.63, 3.8) is 0 Å². The van der Waals surface area contributed by atoms with Crippen molar-refractivity contribution in [2.45, 2.75) is 0 Å². The van der Waals surface area contributed by atoms with E-state index in [0.29, 0.717) is 14.5 Å². The van der Waals surface area contributed by atoms with Gasteiger partial charge in [-0.25, -0.2) is 0 Å². The number of carboxylic acids is 1. The van der Waals surface area contributed by atoms with Gasteiger partial charge in [-0.15, -0.1) is 0 Å². The summed E-state index contributed by atoms with van der Waals surface area (Å²) in [6.07, 6.45) is 0. The Bertz CT molecular complexity index is 874. The van der Waals surface area contributed by atoms with Gasteiger partial charge in [-0.3, -0.25) is 0 Å². The molecular formula is C15H8O6Se. The van der Waals surface area contributed by atoms with Crippen LogP contribution in [0.2, 0.25) is 0 Å². The van der Waals surface area contributed by atoms with E-state index in [1.807, 2.05) is 0 Å². The molecule has 0 fully saturated rings. The maximum atomic E-state index is 12.2. The predicted octanol–water partition coefficient (Wildman–Crippen LogP) is 0.282. The number of carboxylic acid groups (broad SMARTS) is 1. The van der Waals surface area contributed by atoms with Crippen molar-refractivity contribution in [3.8, 4) is 0 Å². The molecule has 7 heteroatoms. The van der Waals surface area contributed by atoms with Gasteiger partial charge in [-0.1, -0.05) is 0 Å². The van der Waals surface area contributed by atoms with E-state index < -0.39 is 31.4 Å². The molecule has 0 aliphatic carbocycles. The van der Waals surface area contributed by atoms with E-state index in [2.05, 4.69) is 0 Å². The molecule has 0 aromatic heterocycles. The average Bonchev–Trinajstić information content (AvgIpc) is 2.96. The summed E-state index contributed by atoms with van der Waals surface area (Å²) in [6, 6.07) is 11.2. The van der Waals surface area contributed by atoms with Crippen LogP contribution in [0.1, 0.15) is 31.1 Å². The van der Waals surface area contributed by atoms with Gasteiger partial charge in [0.05, 0.1) is 0 Å². The standard InChI is InChI=1S/C15H8O6Se/c16-13(17)9-5-3-7-11-12(9)15(19)21-22(11)10-6-2-1-4-8(10)14(18)20-22/h1-7H,(H,16,17). The summed E-state index contributed by atoms with van der Waals surface area (Å²) >= 11 is -3.70. The molecule has 2 aliphatic heterocycles. The summed E-state index contributed by atoms with van der Waals surface area (Å²) in [6.45, 7) is 0. The Morgan fingerprint density at radius 1 is 0.909 bits per heavy atom. The molecule has 1 spiro atoms. The van der Waals surface area contributed by atoms with Gasteiger partial charge in [0, 0.05) is 0 Å². The Labute approximate surface area is 127 Å². The summed E-state index contributed by atoms with van der Waals surface area (Å²) in [5.74, 6) is -2.52. The monoisotopic (exact) mass is 364 g/mol. The van der Waals surface area contributed by atoms with Crippen LogP contribution in [-0.4, -0.2) is 36.5 Å². The Balaban J connectivity index is 2.04. The minimum absolute atomic E-state index is 0.0143. The number of rotatable bonds is 1. The van der Waals surface area contributed by atoms with Crippen LogP contribution < -0.4 is 8.92 Å². The number of carbonyl (C=O) groups is 3. The zero-order chi connectivity index (χ0) is 15.5. The Morgan fingerprint density at radius 2 is 1.59 bits per heavy atom. The van der Waals surface area contributed by atoms with E-state index in [1.54, 1.807) is 30.3 Å². The molecule has 2 aliphatic rings. The molecule has 1 N–H and O–H groups in total. The third-order valence-electron chi connectivity index (χ3n) is 3.53. The zero-order valence-electron chi connectivity index (χ0n) is 10.9. The fourth-order valence-corrected chi connectivity index (χ4v) is 8.18. The van der Waals surface area contributed by atoms with Gasteiger partial charge < -0.3 is 0 Å². The van der Waals surface area contributed by atoms with Gasteiger partial charge in [-0.2, -0.15) is 0 Å². The molecule has 1 unspecified atom stereocenters. The van der Waals surface area contributed by atoms with E-state index in [1.165, 1.54) is 12.1 Å². The first-order chi connectivity index (χ1) is 10.5. The van der Waals surface area contributed by atoms with Crippen molar-refractivity contribution in [2.24, 2.45) is 0 Å². The number of benzene rings is 2. The summed E-state index contributed by atoms with van der Waals surface area (Å²) in [7, 11) is 0. The van der Waals surface area contributed by atoms with Crippen LogP contribution in [-0.2, 0) is 7.64 Å². The predicted molar refractivity (Wildman–Crippen MR) is 75.7 cm³/mol. The fraction of sp³-hybridized carbons (Fsp3) is 0. The molecule has 2 heterocycles. The number of hydrogen-bond donors (Lipinski definition) is 1. The number of carbonyl (C=O) groups excluding carboxylic acids is 2. The molecule has 0 saturated heterocycles. The van der Waals surface area contributed by atoms with Crippen molar-refractivity contribution in [3.05, 3.63) is 59.2 Å². The first kappa shape index (κ1) is 13.1. The second-order valence-electron chi connectivity index (χ2n) is 4.73. The molecule has 2 aromatic rings. The average molecular weight is 363 g/mol. The summed E-state index contributed by atoms with van der Waals surface area (Å²) in [5, 5.41) is 9.25. The van der Waals surface area contributed by atoms with Crippen LogP contribution in [0.5, 0.6) is 0 Å². The molecule has 110 valence electrons. The SMILES string of the molecule is O=C1O[Se]2(OC(=O)c3c(C(=O)O)cccc32)c2ccccc21. The molecule has 1 atom stereocenters. The minimum atomic E-state index is -3.70. The van der Waals surface area contributed by atoms with Crippen LogP contribution in [0, 0.1) is 0 Å². The van der Waals surface area contributed by atoms with Crippen molar-refractivity contribution in [1.29, 1.82) is 0 Å². The Morgan fingerprint density at radius 3 is 2.36 bits per heavy atom. The molecule has 0 saturated carbocycles. The quantitative estimate of drug-likeness (QED) is 0.733. The van der Waals surface area contributed by atoms with Gasteiger partial charge in [0.15, 0.2) is 0 Å². The Kier molecular flexibility index (Phi) is 2.49. The van der Waals surface area contributed by atoms with Crippen molar-refractivity contribution in [2.75, 3.05) is 0 Å². The molecule has 4 rings (SSSR count). The van der Waals surface area contributed by atoms with Gasteiger partial charge in [-0.05, 0) is 0 Å². The van der Waals surface area contributed by atoms with Crippen LogP contribution in [0.25, 0.3) is 0 Å². The van der Waals surface area contributed by atoms with Crippen molar-refractivity contribution < 1.29 is 27.1 Å². The summed E-state index contributed by atoms with van der Waals surface area (Å²) in [4.78, 5) is 35.6. The zero-order valence-corrected chi connectivity index (χ0v) is 12.7. The molecule has 0 radical (unpaired) electrons. The summed E-state index contributed by atoms with van der Waals surface area (Å²) in [5.41, 5.74) is 0.209. The molecule has 22 heavy (non-hydrogen) atoms. The van der Waals surface area contributed by atoms with Crippen LogP contribution in [0.15, 0.2) is 42.5 Å². The maximum absolute atomic E-state index is 12.2. The number of fused-ring (bicyclic) bond motifs is 4. The van der Waals surface area contributed by atoms with Gasteiger partial charge in [0.25, 0.3) is 0 Å². The van der Waals surface area contributed by atoms with E-state index in [9.17, 15) is 19.5 Å². The Hall–Kier alpha value is -2.63. The van der Waals surface area contributed by atoms with E-state index in [-0.39, 0.29) is 11.1 Å². The molecule has 0 amide bonds. The number of hydrogen-bond acceptors (Lipinski definition) is 5. The molecule has 2 aromatic carbocycles. The van der Waals surface area contributed by atoms with Gasteiger partial charge in [0.2, 0.25) is 0 Å². The van der Waals surface area contributed by atoms with Crippen molar-refractivity contribution >= 4 is 40.3 Å².